The molecular formula is C18H18O4. The monoisotopic (exact) mass is 298 g/mol. The van der Waals surface area contributed by atoms with E-state index < -0.39 is 11.9 Å². The Hall–Kier alpha value is -2.62. The lowest BCUT2D eigenvalue weighted by molar-refractivity contribution is 0.0524. The van der Waals surface area contributed by atoms with Crippen LogP contribution in [0.2, 0.25) is 0 Å². The fourth-order valence-electron chi connectivity index (χ4n) is 1.94. The molecule has 0 aliphatic heterocycles. The Labute approximate surface area is 129 Å². The molecule has 22 heavy (non-hydrogen) atoms. The molecule has 0 saturated carbocycles. The number of hydrogen-bond acceptors (Lipinski definition) is 4. The number of esters is 2. The standard InChI is InChI=1S/C18H18O4/c1-4-21-17(19)14-6-5-7-16(11-14)22-18(20)15-9-8-12(2)13(3)10-15/h5-11H,4H2,1-3H3. The van der Waals surface area contributed by atoms with Crippen molar-refractivity contribution >= 4 is 11.9 Å². The zero-order valence-corrected chi connectivity index (χ0v) is 12.9. The van der Waals surface area contributed by atoms with Gasteiger partial charge in [-0.25, -0.2) is 9.59 Å². The average Bonchev–Trinajstić information content (AvgIpc) is 2.50. The number of benzene rings is 2. The lowest BCUT2D eigenvalue weighted by atomic mass is 10.1. The van der Waals surface area contributed by atoms with Gasteiger partial charge in [0, 0.05) is 0 Å². The number of aryl methyl sites for hydroxylation is 2. The maximum atomic E-state index is 12.1. The van der Waals surface area contributed by atoms with Gasteiger partial charge in [-0.1, -0.05) is 12.1 Å². The van der Waals surface area contributed by atoms with Crippen LogP contribution in [0.3, 0.4) is 0 Å². The number of rotatable bonds is 4. The third kappa shape index (κ3) is 3.73. The van der Waals surface area contributed by atoms with Crippen LogP contribution in [0.15, 0.2) is 42.5 Å². The highest BCUT2D eigenvalue weighted by Gasteiger charge is 2.12. The van der Waals surface area contributed by atoms with Crippen molar-refractivity contribution in [3.63, 3.8) is 0 Å². The Morgan fingerprint density at radius 3 is 2.32 bits per heavy atom. The summed E-state index contributed by atoms with van der Waals surface area (Å²) in [6.45, 7) is 5.95. The minimum Gasteiger partial charge on any atom is -0.462 e. The number of ether oxygens (including phenoxy) is 2. The molecule has 2 aromatic rings. The molecule has 0 amide bonds. The van der Waals surface area contributed by atoms with Crippen LogP contribution >= 0.6 is 0 Å². The highest BCUT2D eigenvalue weighted by Crippen LogP contribution is 2.17. The summed E-state index contributed by atoms with van der Waals surface area (Å²) in [6.07, 6.45) is 0. The van der Waals surface area contributed by atoms with Gasteiger partial charge < -0.3 is 9.47 Å². The van der Waals surface area contributed by atoms with Gasteiger partial charge in [-0.2, -0.15) is 0 Å². The summed E-state index contributed by atoms with van der Waals surface area (Å²) >= 11 is 0. The predicted octanol–water partition coefficient (Wildman–Crippen LogP) is 3.70. The van der Waals surface area contributed by atoms with Crippen LogP contribution in [0.1, 0.15) is 38.8 Å². The van der Waals surface area contributed by atoms with Crippen molar-refractivity contribution in [2.45, 2.75) is 20.8 Å². The fourth-order valence-corrected chi connectivity index (χ4v) is 1.94. The van der Waals surface area contributed by atoms with E-state index in [2.05, 4.69) is 0 Å². The molecule has 0 saturated heterocycles. The lowest BCUT2D eigenvalue weighted by Gasteiger charge is -2.08. The highest BCUT2D eigenvalue weighted by molar-refractivity contribution is 5.92. The summed E-state index contributed by atoms with van der Waals surface area (Å²) in [7, 11) is 0. The van der Waals surface area contributed by atoms with Gasteiger partial charge in [0.2, 0.25) is 0 Å². The van der Waals surface area contributed by atoms with E-state index >= 15 is 0 Å². The number of carbonyl (C=O) groups is 2. The molecule has 0 aliphatic carbocycles. The molecule has 0 atom stereocenters. The third-order valence-corrected chi connectivity index (χ3v) is 3.30. The van der Waals surface area contributed by atoms with Crippen molar-refractivity contribution in [2.75, 3.05) is 6.61 Å². The summed E-state index contributed by atoms with van der Waals surface area (Å²) in [5.74, 6) is -0.579. The van der Waals surface area contributed by atoms with Crippen LogP contribution in [0.5, 0.6) is 5.75 Å². The van der Waals surface area contributed by atoms with Crippen molar-refractivity contribution in [1.29, 1.82) is 0 Å². The molecule has 2 aromatic carbocycles. The summed E-state index contributed by atoms with van der Waals surface area (Å²) in [4.78, 5) is 23.8. The summed E-state index contributed by atoms with van der Waals surface area (Å²) in [6, 6.07) is 11.8. The summed E-state index contributed by atoms with van der Waals surface area (Å²) < 4.78 is 10.2. The maximum absolute atomic E-state index is 12.1. The quantitative estimate of drug-likeness (QED) is 0.638. The maximum Gasteiger partial charge on any atom is 0.343 e. The highest BCUT2D eigenvalue weighted by atomic mass is 16.5. The SMILES string of the molecule is CCOC(=O)c1cccc(OC(=O)c2ccc(C)c(C)c2)c1. The summed E-state index contributed by atoms with van der Waals surface area (Å²) in [5.41, 5.74) is 2.97. The second kappa shape index (κ2) is 6.89. The van der Waals surface area contributed by atoms with Crippen molar-refractivity contribution in [1.82, 2.24) is 0 Å². The van der Waals surface area contributed by atoms with Gasteiger partial charge in [0.05, 0.1) is 17.7 Å². The van der Waals surface area contributed by atoms with Crippen LogP contribution in [0.4, 0.5) is 0 Å². The van der Waals surface area contributed by atoms with Crippen molar-refractivity contribution in [3.05, 3.63) is 64.7 Å². The predicted molar refractivity (Wildman–Crippen MR) is 83.3 cm³/mol. The van der Waals surface area contributed by atoms with Crippen LogP contribution in [-0.2, 0) is 4.74 Å². The second-order valence-electron chi connectivity index (χ2n) is 4.94. The van der Waals surface area contributed by atoms with E-state index in [-0.39, 0.29) is 0 Å². The normalized spacial score (nSPS) is 10.1. The minimum absolute atomic E-state index is 0.297. The second-order valence-corrected chi connectivity index (χ2v) is 4.94. The van der Waals surface area contributed by atoms with Crippen LogP contribution < -0.4 is 4.74 Å². The van der Waals surface area contributed by atoms with Crippen LogP contribution in [-0.4, -0.2) is 18.5 Å². The Morgan fingerprint density at radius 2 is 1.64 bits per heavy atom. The first kappa shape index (κ1) is 15.8. The molecule has 0 fully saturated rings. The van der Waals surface area contributed by atoms with E-state index in [1.807, 2.05) is 19.9 Å². The zero-order chi connectivity index (χ0) is 16.1. The van der Waals surface area contributed by atoms with E-state index in [9.17, 15) is 9.59 Å². The van der Waals surface area contributed by atoms with Crippen LogP contribution in [0.25, 0.3) is 0 Å². The van der Waals surface area contributed by atoms with Crippen LogP contribution in [0, 0.1) is 13.8 Å². The average molecular weight is 298 g/mol. The third-order valence-electron chi connectivity index (χ3n) is 3.30. The van der Waals surface area contributed by atoms with E-state index in [0.717, 1.165) is 11.1 Å². The van der Waals surface area contributed by atoms with Crippen molar-refractivity contribution in [3.8, 4) is 5.75 Å². The molecule has 4 heteroatoms. The molecule has 4 nitrogen and oxygen atoms in total. The molecule has 0 N–H and O–H groups in total. The van der Waals surface area contributed by atoms with E-state index in [0.29, 0.717) is 23.5 Å². The van der Waals surface area contributed by atoms with Crippen molar-refractivity contribution in [2.24, 2.45) is 0 Å². The topological polar surface area (TPSA) is 52.6 Å². The van der Waals surface area contributed by atoms with Gasteiger partial charge in [0.1, 0.15) is 5.75 Å². The van der Waals surface area contributed by atoms with Gasteiger partial charge in [0.15, 0.2) is 0 Å². The Balaban J connectivity index is 2.16. The molecule has 0 aliphatic rings. The summed E-state index contributed by atoms with van der Waals surface area (Å²) in [5, 5.41) is 0. The molecular weight excluding hydrogens is 280 g/mol. The van der Waals surface area contributed by atoms with Gasteiger partial charge in [-0.3, -0.25) is 0 Å². The molecule has 2 rings (SSSR count). The first-order chi connectivity index (χ1) is 10.5. The van der Waals surface area contributed by atoms with E-state index in [1.54, 1.807) is 37.3 Å². The smallest absolute Gasteiger partial charge is 0.343 e. The number of carbonyl (C=O) groups excluding carboxylic acids is 2. The molecule has 0 aromatic heterocycles. The van der Waals surface area contributed by atoms with E-state index in [4.69, 9.17) is 9.47 Å². The Morgan fingerprint density at radius 1 is 0.909 bits per heavy atom. The molecule has 0 heterocycles. The van der Waals surface area contributed by atoms with Gasteiger partial charge in [-0.15, -0.1) is 0 Å². The molecule has 0 radical (unpaired) electrons. The molecule has 0 bridgehead atoms. The minimum atomic E-state index is -0.455. The fraction of sp³-hybridized carbons (Fsp3) is 0.222. The van der Waals surface area contributed by atoms with Crippen molar-refractivity contribution < 1.29 is 19.1 Å². The van der Waals surface area contributed by atoms with Gasteiger partial charge in [-0.05, 0) is 62.2 Å². The Kier molecular flexibility index (Phi) is 4.94. The van der Waals surface area contributed by atoms with Gasteiger partial charge >= 0.3 is 11.9 Å². The number of hydrogen-bond donors (Lipinski definition) is 0. The molecule has 114 valence electrons. The molecule has 0 spiro atoms. The Bertz CT molecular complexity index is 704. The van der Waals surface area contributed by atoms with E-state index in [1.165, 1.54) is 6.07 Å². The van der Waals surface area contributed by atoms with Gasteiger partial charge in [0.25, 0.3) is 0 Å². The largest absolute Gasteiger partial charge is 0.462 e. The molecule has 0 unspecified atom stereocenters. The zero-order valence-electron chi connectivity index (χ0n) is 12.9. The first-order valence-electron chi connectivity index (χ1n) is 7.08. The lowest BCUT2D eigenvalue weighted by Crippen LogP contribution is -2.10. The first-order valence-corrected chi connectivity index (χ1v) is 7.08.